The first-order chi connectivity index (χ1) is 19.6. The van der Waals surface area contributed by atoms with Crippen LogP contribution in [0.25, 0.3) is 23.1 Å². The van der Waals surface area contributed by atoms with E-state index in [4.69, 9.17) is 4.98 Å². The molecule has 4 aromatic carbocycles. The van der Waals surface area contributed by atoms with E-state index in [1.807, 2.05) is 30.4 Å². The van der Waals surface area contributed by atoms with Crippen LogP contribution < -0.4 is 4.90 Å². The van der Waals surface area contributed by atoms with Gasteiger partial charge in [0.25, 0.3) is 5.91 Å². The Hall–Kier alpha value is -4.16. The van der Waals surface area contributed by atoms with E-state index in [0.29, 0.717) is 22.2 Å². The zero-order chi connectivity index (χ0) is 29.1. The number of hydrogen-bond acceptors (Lipinski definition) is 2. The number of anilines is 1. The molecule has 6 heteroatoms. The summed E-state index contributed by atoms with van der Waals surface area (Å²) in [5.41, 5.74) is 4.15. The summed E-state index contributed by atoms with van der Waals surface area (Å²) in [6.45, 7) is 6.37. The van der Waals surface area contributed by atoms with E-state index in [-0.39, 0.29) is 23.2 Å². The smallest absolute Gasteiger partial charge is 0.259 e. The van der Waals surface area contributed by atoms with Crippen LogP contribution in [0.2, 0.25) is 0 Å². The molecule has 3 nitrogen and oxygen atoms in total. The van der Waals surface area contributed by atoms with Gasteiger partial charge in [-0.05, 0) is 65.1 Å². The van der Waals surface area contributed by atoms with Crippen molar-refractivity contribution in [2.45, 2.75) is 32.7 Å². The monoisotopic (exact) mass is 610 g/mol. The number of fused-ring (bicyclic) bond motifs is 1. The van der Waals surface area contributed by atoms with E-state index >= 15 is 4.39 Å². The van der Waals surface area contributed by atoms with Crippen LogP contribution in [0.15, 0.2) is 102 Å². The highest BCUT2D eigenvalue weighted by Gasteiger charge is 2.24. The molecular formula is C35H29BrF2N2O. The molecule has 0 spiro atoms. The molecule has 0 radical (unpaired) electrons. The topological polar surface area (TPSA) is 33.2 Å². The Bertz CT molecular complexity index is 1760. The number of benzene rings is 4. The quantitative estimate of drug-likeness (QED) is 0.192. The van der Waals surface area contributed by atoms with Crippen molar-refractivity contribution in [1.82, 2.24) is 4.98 Å². The van der Waals surface area contributed by atoms with Crippen molar-refractivity contribution in [2.24, 2.45) is 0 Å². The molecule has 5 rings (SSSR count). The zero-order valence-corrected chi connectivity index (χ0v) is 24.6. The van der Waals surface area contributed by atoms with Gasteiger partial charge in [0.15, 0.2) is 0 Å². The molecule has 0 fully saturated rings. The largest absolute Gasteiger partial charge is 0.301 e. The molecule has 0 N–H and O–H groups in total. The van der Waals surface area contributed by atoms with Crippen LogP contribution in [0.4, 0.5) is 14.5 Å². The van der Waals surface area contributed by atoms with Crippen molar-refractivity contribution in [3.05, 3.63) is 141 Å². The van der Waals surface area contributed by atoms with Crippen LogP contribution in [-0.4, -0.2) is 10.9 Å². The normalized spacial score (nSPS) is 11.8. The third kappa shape index (κ3) is 6.44. The molecule has 0 aliphatic rings. The predicted molar refractivity (Wildman–Crippen MR) is 167 cm³/mol. The number of carbonyl (C=O) groups is 1. The maximum Gasteiger partial charge on any atom is 0.259 e. The van der Waals surface area contributed by atoms with Crippen LogP contribution in [0.5, 0.6) is 0 Å². The third-order valence-corrected chi connectivity index (χ3v) is 7.41. The molecule has 0 bridgehead atoms. The van der Waals surface area contributed by atoms with Crippen LogP contribution in [0.3, 0.4) is 0 Å². The lowest BCUT2D eigenvalue weighted by atomic mass is 9.87. The first-order valence-electron chi connectivity index (χ1n) is 13.3. The van der Waals surface area contributed by atoms with Crippen LogP contribution >= 0.6 is 15.9 Å². The van der Waals surface area contributed by atoms with Gasteiger partial charge in [-0.25, -0.2) is 13.8 Å². The molecule has 0 aliphatic heterocycles. The Balaban J connectivity index is 1.59. The summed E-state index contributed by atoms with van der Waals surface area (Å²) < 4.78 is 30.5. The molecule has 1 amide bonds. The molecule has 41 heavy (non-hydrogen) atoms. The number of aromatic nitrogens is 1. The highest BCUT2D eigenvalue weighted by Crippen LogP contribution is 2.29. The Morgan fingerprint density at radius 1 is 0.854 bits per heavy atom. The summed E-state index contributed by atoms with van der Waals surface area (Å²) in [6, 6.07) is 27.7. The highest BCUT2D eigenvalue weighted by molar-refractivity contribution is 9.10. The second-order valence-corrected chi connectivity index (χ2v) is 11.8. The standard InChI is InChI=1S/C35H29BrF2N2O/c1-35(2,3)25-15-12-23(13-16-25)14-18-27-21-29(28-20-26(36)17-19-32(28)39-27)34(41)40(33-11-7-6-10-31(33)38)22-24-8-4-5-9-30(24)37/h4-21H,22H2,1-3H3/b18-14+. The van der Waals surface area contributed by atoms with E-state index in [0.717, 1.165) is 10.0 Å². The number of amides is 1. The third-order valence-electron chi connectivity index (χ3n) is 6.92. The highest BCUT2D eigenvalue weighted by atomic mass is 79.9. The van der Waals surface area contributed by atoms with Crippen LogP contribution in [0.1, 0.15) is 53.5 Å². The minimum Gasteiger partial charge on any atom is -0.301 e. The number of nitrogens with zero attached hydrogens (tertiary/aromatic N) is 2. The molecule has 1 aromatic heterocycles. The van der Waals surface area contributed by atoms with E-state index in [1.165, 1.54) is 28.7 Å². The first-order valence-corrected chi connectivity index (χ1v) is 14.1. The van der Waals surface area contributed by atoms with Crippen molar-refractivity contribution >= 4 is 50.6 Å². The molecule has 0 unspecified atom stereocenters. The van der Waals surface area contributed by atoms with Crippen molar-refractivity contribution in [1.29, 1.82) is 0 Å². The minimum atomic E-state index is -0.574. The lowest BCUT2D eigenvalue weighted by Gasteiger charge is -2.24. The number of halogens is 3. The number of hydrogen-bond donors (Lipinski definition) is 0. The fourth-order valence-corrected chi connectivity index (χ4v) is 5.00. The van der Waals surface area contributed by atoms with Gasteiger partial charge in [-0.15, -0.1) is 0 Å². The maximum atomic E-state index is 15.1. The molecule has 1 heterocycles. The second-order valence-electron chi connectivity index (χ2n) is 10.9. The lowest BCUT2D eigenvalue weighted by molar-refractivity contribution is 0.0985. The summed E-state index contributed by atoms with van der Waals surface area (Å²) in [5, 5.41) is 0.603. The lowest BCUT2D eigenvalue weighted by Crippen LogP contribution is -2.32. The van der Waals surface area contributed by atoms with Crippen LogP contribution in [-0.2, 0) is 12.0 Å². The van der Waals surface area contributed by atoms with Crippen LogP contribution in [0, 0.1) is 11.6 Å². The van der Waals surface area contributed by atoms with Gasteiger partial charge in [0.1, 0.15) is 11.6 Å². The van der Waals surface area contributed by atoms with E-state index in [1.54, 1.807) is 36.4 Å². The van der Waals surface area contributed by atoms with Gasteiger partial charge in [0.2, 0.25) is 0 Å². The molecule has 0 saturated heterocycles. The average molecular weight is 612 g/mol. The molecule has 206 valence electrons. The van der Waals surface area contributed by atoms with Gasteiger partial charge in [-0.2, -0.15) is 0 Å². The first kappa shape index (κ1) is 28.4. The van der Waals surface area contributed by atoms with Gasteiger partial charge in [-0.3, -0.25) is 4.79 Å². The fraction of sp³-hybridized carbons (Fsp3) is 0.143. The summed E-state index contributed by atoms with van der Waals surface area (Å²) in [4.78, 5) is 20.3. The Labute approximate surface area is 247 Å². The molecule has 5 aromatic rings. The van der Waals surface area contributed by atoms with E-state index < -0.39 is 17.5 Å². The number of rotatable bonds is 6. The Morgan fingerprint density at radius 3 is 2.22 bits per heavy atom. The van der Waals surface area contributed by atoms with Crippen molar-refractivity contribution in [3.8, 4) is 0 Å². The van der Waals surface area contributed by atoms with Gasteiger partial charge in [0.05, 0.1) is 29.0 Å². The Morgan fingerprint density at radius 2 is 1.54 bits per heavy atom. The maximum absolute atomic E-state index is 15.1. The van der Waals surface area contributed by atoms with Crippen molar-refractivity contribution in [2.75, 3.05) is 4.90 Å². The minimum absolute atomic E-state index is 0.0540. The van der Waals surface area contributed by atoms with Gasteiger partial charge >= 0.3 is 0 Å². The van der Waals surface area contributed by atoms with Gasteiger partial charge < -0.3 is 4.90 Å². The second kappa shape index (κ2) is 11.8. The number of carbonyl (C=O) groups excluding carboxylic acids is 1. The van der Waals surface area contributed by atoms with Crippen molar-refractivity contribution in [3.63, 3.8) is 0 Å². The number of pyridine rings is 1. The van der Waals surface area contributed by atoms with Gasteiger partial charge in [0, 0.05) is 15.4 Å². The SMILES string of the molecule is CC(C)(C)c1ccc(/C=C/c2cc(C(=O)N(Cc3ccccc3F)c3ccccc3F)c3cc(Br)ccc3n2)cc1. The average Bonchev–Trinajstić information content (AvgIpc) is 2.95. The summed E-state index contributed by atoms with van der Waals surface area (Å²) in [7, 11) is 0. The van der Waals surface area contributed by atoms with Crippen molar-refractivity contribution < 1.29 is 13.6 Å². The summed E-state index contributed by atoms with van der Waals surface area (Å²) in [5.74, 6) is -1.51. The van der Waals surface area contributed by atoms with E-state index in [9.17, 15) is 9.18 Å². The van der Waals surface area contributed by atoms with E-state index in [2.05, 4.69) is 61.0 Å². The fourth-order valence-electron chi connectivity index (χ4n) is 4.64. The zero-order valence-electron chi connectivity index (χ0n) is 23.0. The summed E-state index contributed by atoms with van der Waals surface area (Å²) in [6.07, 6.45) is 3.80. The summed E-state index contributed by atoms with van der Waals surface area (Å²) >= 11 is 3.50. The molecule has 0 atom stereocenters. The number of para-hydroxylation sites is 1. The molecule has 0 aliphatic carbocycles. The molecule has 0 saturated carbocycles. The Kier molecular flexibility index (Phi) is 8.13. The predicted octanol–water partition coefficient (Wildman–Crippen LogP) is 9.59. The molecular weight excluding hydrogens is 582 g/mol. The van der Waals surface area contributed by atoms with Gasteiger partial charge in [-0.1, -0.05) is 97.4 Å².